The van der Waals surface area contributed by atoms with Crippen LogP contribution in [0.3, 0.4) is 0 Å². The lowest BCUT2D eigenvalue weighted by atomic mass is 9.78. The number of carbonyl (C=O) groups is 1. The van der Waals surface area contributed by atoms with Crippen LogP contribution in [0.4, 0.5) is 0 Å². The molecule has 17 heavy (non-hydrogen) atoms. The van der Waals surface area contributed by atoms with E-state index in [9.17, 15) is 9.90 Å². The van der Waals surface area contributed by atoms with Crippen LogP contribution in [0.2, 0.25) is 0 Å². The molecule has 1 aliphatic carbocycles. The number of carboxylic acids is 1. The van der Waals surface area contributed by atoms with Crippen LogP contribution in [0.1, 0.15) is 46.5 Å². The fourth-order valence-corrected chi connectivity index (χ4v) is 3.33. The monoisotopic (exact) mass is 239 g/mol. The second-order valence-corrected chi connectivity index (χ2v) is 6.51. The fourth-order valence-electron chi connectivity index (χ4n) is 3.33. The highest BCUT2D eigenvalue weighted by atomic mass is 16.4. The summed E-state index contributed by atoms with van der Waals surface area (Å²) in [6.07, 6.45) is 4.60. The van der Waals surface area contributed by atoms with Crippen LogP contribution in [0.15, 0.2) is 0 Å². The van der Waals surface area contributed by atoms with Crippen LogP contribution < -0.4 is 0 Å². The standard InChI is InChI=1S/C14H25NO2/c1-10-4-5-12(8-11(10)2)15-7-6-14(3,9-15)13(16)17/h10-12H,4-9H2,1-3H3,(H,16,17). The van der Waals surface area contributed by atoms with Crippen molar-refractivity contribution in [3.63, 3.8) is 0 Å². The summed E-state index contributed by atoms with van der Waals surface area (Å²) in [7, 11) is 0. The highest BCUT2D eigenvalue weighted by molar-refractivity contribution is 5.74. The van der Waals surface area contributed by atoms with Crippen molar-refractivity contribution in [3.8, 4) is 0 Å². The van der Waals surface area contributed by atoms with Gasteiger partial charge in [0.2, 0.25) is 0 Å². The molecule has 0 aromatic heterocycles. The fraction of sp³-hybridized carbons (Fsp3) is 0.929. The van der Waals surface area contributed by atoms with Crippen molar-refractivity contribution in [3.05, 3.63) is 0 Å². The van der Waals surface area contributed by atoms with Crippen LogP contribution in [-0.4, -0.2) is 35.1 Å². The average Bonchev–Trinajstić information content (AvgIpc) is 2.67. The molecule has 1 saturated heterocycles. The number of rotatable bonds is 2. The Labute approximate surface area is 104 Å². The van der Waals surface area contributed by atoms with Crippen LogP contribution in [-0.2, 0) is 4.79 Å². The van der Waals surface area contributed by atoms with Gasteiger partial charge in [-0.25, -0.2) is 0 Å². The van der Waals surface area contributed by atoms with Gasteiger partial charge in [0.25, 0.3) is 0 Å². The summed E-state index contributed by atoms with van der Waals surface area (Å²) in [5, 5.41) is 9.26. The second-order valence-electron chi connectivity index (χ2n) is 6.51. The maximum Gasteiger partial charge on any atom is 0.310 e. The van der Waals surface area contributed by atoms with Gasteiger partial charge in [0.1, 0.15) is 0 Å². The van der Waals surface area contributed by atoms with Gasteiger partial charge in [-0.1, -0.05) is 13.8 Å². The molecule has 0 amide bonds. The highest BCUT2D eigenvalue weighted by Crippen LogP contribution is 2.37. The molecule has 0 radical (unpaired) electrons. The van der Waals surface area contributed by atoms with Gasteiger partial charge in [-0.2, -0.15) is 0 Å². The van der Waals surface area contributed by atoms with E-state index in [2.05, 4.69) is 18.7 Å². The summed E-state index contributed by atoms with van der Waals surface area (Å²) >= 11 is 0. The first-order valence-corrected chi connectivity index (χ1v) is 6.90. The summed E-state index contributed by atoms with van der Waals surface area (Å²) in [6, 6.07) is 0.627. The van der Waals surface area contributed by atoms with Crippen molar-refractivity contribution in [2.24, 2.45) is 17.3 Å². The molecule has 0 aromatic rings. The zero-order valence-electron chi connectivity index (χ0n) is 11.3. The maximum absolute atomic E-state index is 11.2. The number of nitrogens with zero attached hydrogens (tertiary/aromatic N) is 1. The minimum atomic E-state index is -0.628. The van der Waals surface area contributed by atoms with Crippen molar-refractivity contribution in [1.82, 2.24) is 4.90 Å². The quantitative estimate of drug-likeness (QED) is 0.805. The molecule has 3 heteroatoms. The summed E-state index contributed by atoms with van der Waals surface area (Å²) < 4.78 is 0. The summed E-state index contributed by atoms with van der Waals surface area (Å²) in [4.78, 5) is 13.7. The van der Waals surface area contributed by atoms with Crippen molar-refractivity contribution < 1.29 is 9.90 Å². The molecule has 2 rings (SSSR count). The molecule has 1 aliphatic heterocycles. The van der Waals surface area contributed by atoms with Gasteiger partial charge >= 0.3 is 5.97 Å². The Bertz CT molecular complexity index is 305. The SMILES string of the molecule is CC1CCC(N2CCC(C)(C(=O)O)C2)CC1C. The molecule has 3 nitrogen and oxygen atoms in total. The Balaban J connectivity index is 1.95. The van der Waals surface area contributed by atoms with Gasteiger partial charge in [-0.05, 0) is 51.0 Å². The molecule has 0 spiro atoms. The topological polar surface area (TPSA) is 40.5 Å². The Morgan fingerprint density at radius 1 is 1.29 bits per heavy atom. The molecule has 0 bridgehead atoms. The minimum Gasteiger partial charge on any atom is -0.481 e. The number of hydrogen-bond donors (Lipinski definition) is 1. The van der Waals surface area contributed by atoms with E-state index in [1.54, 1.807) is 0 Å². The molecule has 98 valence electrons. The van der Waals surface area contributed by atoms with Gasteiger partial charge in [0.05, 0.1) is 5.41 Å². The molecule has 2 fully saturated rings. The van der Waals surface area contributed by atoms with E-state index in [0.29, 0.717) is 6.04 Å². The molecular formula is C14H25NO2. The Kier molecular flexibility index (Phi) is 3.48. The van der Waals surface area contributed by atoms with Gasteiger partial charge in [-0.3, -0.25) is 9.69 Å². The third kappa shape index (κ3) is 2.49. The molecule has 4 atom stereocenters. The maximum atomic E-state index is 11.2. The van der Waals surface area contributed by atoms with Crippen molar-refractivity contribution in [1.29, 1.82) is 0 Å². The number of aliphatic carboxylic acids is 1. The highest BCUT2D eigenvalue weighted by Gasteiger charge is 2.43. The van der Waals surface area contributed by atoms with Crippen LogP contribution in [0.25, 0.3) is 0 Å². The number of hydrogen-bond acceptors (Lipinski definition) is 2. The van der Waals surface area contributed by atoms with Crippen molar-refractivity contribution in [2.45, 2.75) is 52.5 Å². The third-order valence-electron chi connectivity index (χ3n) is 5.11. The lowest BCUT2D eigenvalue weighted by molar-refractivity contribution is -0.147. The zero-order chi connectivity index (χ0) is 12.6. The van der Waals surface area contributed by atoms with E-state index in [-0.39, 0.29) is 0 Å². The van der Waals surface area contributed by atoms with Gasteiger partial charge in [0.15, 0.2) is 0 Å². The lowest BCUT2D eigenvalue weighted by Crippen LogP contribution is -2.41. The van der Waals surface area contributed by atoms with E-state index < -0.39 is 11.4 Å². The van der Waals surface area contributed by atoms with E-state index in [0.717, 1.165) is 31.3 Å². The molecule has 1 N–H and O–H groups in total. The van der Waals surface area contributed by atoms with E-state index in [1.165, 1.54) is 19.3 Å². The number of likely N-dealkylation sites (tertiary alicyclic amines) is 1. The largest absolute Gasteiger partial charge is 0.481 e. The second kappa shape index (κ2) is 4.60. The molecule has 4 unspecified atom stereocenters. The Morgan fingerprint density at radius 3 is 2.53 bits per heavy atom. The molecule has 1 saturated carbocycles. The lowest BCUT2D eigenvalue weighted by Gasteiger charge is -2.37. The predicted octanol–water partition coefficient (Wildman–Crippen LogP) is 2.61. The first-order chi connectivity index (χ1) is 7.92. The number of carboxylic acid groups (broad SMARTS) is 1. The normalized spacial score (nSPS) is 43.8. The van der Waals surface area contributed by atoms with E-state index >= 15 is 0 Å². The first kappa shape index (κ1) is 12.9. The van der Waals surface area contributed by atoms with Crippen LogP contribution in [0.5, 0.6) is 0 Å². The summed E-state index contributed by atoms with van der Waals surface area (Å²) in [6.45, 7) is 8.28. The summed E-state index contributed by atoms with van der Waals surface area (Å²) in [5.74, 6) is 0.988. The Morgan fingerprint density at radius 2 is 2.00 bits per heavy atom. The van der Waals surface area contributed by atoms with Crippen molar-refractivity contribution in [2.75, 3.05) is 13.1 Å². The first-order valence-electron chi connectivity index (χ1n) is 6.90. The van der Waals surface area contributed by atoms with E-state index in [1.807, 2.05) is 6.92 Å². The van der Waals surface area contributed by atoms with Gasteiger partial charge in [-0.15, -0.1) is 0 Å². The molecule has 0 aromatic carbocycles. The minimum absolute atomic E-state index is 0.508. The zero-order valence-corrected chi connectivity index (χ0v) is 11.3. The summed E-state index contributed by atoms with van der Waals surface area (Å²) in [5.41, 5.74) is -0.508. The Hall–Kier alpha value is -0.570. The average molecular weight is 239 g/mol. The molecule has 1 heterocycles. The van der Waals surface area contributed by atoms with E-state index in [4.69, 9.17) is 0 Å². The third-order valence-corrected chi connectivity index (χ3v) is 5.11. The predicted molar refractivity (Wildman–Crippen MR) is 67.9 cm³/mol. The van der Waals surface area contributed by atoms with Gasteiger partial charge in [0, 0.05) is 12.6 Å². The van der Waals surface area contributed by atoms with Crippen LogP contribution >= 0.6 is 0 Å². The van der Waals surface area contributed by atoms with Crippen LogP contribution in [0, 0.1) is 17.3 Å². The van der Waals surface area contributed by atoms with Gasteiger partial charge < -0.3 is 5.11 Å². The molecular weight excluding hydrogens is 214 g/mol. The smallest absolute Gasteiger partial charge is 0.310 e. The van der Waals surface area contributed by atoms with Crippen molar-refractivity contribution >= 4 is 5.97 Å². The molecule has 2 aliphatic rings.